The van der Waals surface area contributed by atoms with E-state index in [1.165, 1.54) is 19.4 Å². The molecule has 92 valence electrons. The highest BCUT2D eigenvalue weighted by atomic mass is 79.9. The van der Waals surface area contributed by atoms with E-state index in [1.807, 2.05) is 0 Å². The molecule has 2 fully saturated rings. The quantitative estimate of drug-likeness (QED) is 0.862. The van der Waals surface area contributed by atoms with Gasteiger partial charge < -0.3 is 10.2 Å². The molecular formula is C13H18BrN3. The van der Waals surface area contributed by atoms with Crippen LogP contribution >= 0.6 is 15.9 Å². The number of aromatic nitrogens is 1. The number of rotatable bonds is 1. The first-order valence-electron chi connectivity index (χ1n) is 6.35. The van der Waals surface area contributed by atoms with Crippen molar-refractivity contribution in [2.24, 2.45) is 5.92 Å². The molecule has 4 heteroatoms. The third-order valence-electron chi connectivity index (χ3n) is 3.93. The molecule has 2 aliphatic heterocycles. The number of nitrogens with one attached hydrogen (secondary N) is 1. The van der Waals surface area contributed by atoms with Crippen LogP contribution in [0.25, 0.3) is 0 Å². The molecule has 1 aromatic heterocycles. The van der Waals surface area contributed by atoms with Gasteiger partial charge in [-0.15, -0.1) is 0 Å². The van der Waals surface area contributed by atoms with Gasteiger partial charge in [0.1, 0.15) is 5.82 Å². The molecule has 2 unspecified atom stereocenters. The van der Waals surface area contributed by atoms with Crippen LogP contribution in [-0.2, 0) is 0 Å². The zero-order valence-corrected chi connectivity index (χ0v) is 11.7. The summed E-state index contributed by atoms with van der Waals surface area (Å²) in [6.07, 6.45) is 2.69. The van der Waals surface area contributed by atoms with Gasteiger partial charge in [0.2, 0.25) is 0 Å². The van der Waals surface area contributed by atoms with Gasteiger partial charge in [-0.1, -0.05) is 0 Å². The van der Waals surface area contributed by atoms with Crippen molar-refractivity contribution >= 4 is 21.7 Å². The van der Waals surface area contributed by atoms with E-state index in [9.17, 15) is 0 Å². The molecule has 3 heterocycles. The molecule has 3 nitrogen and oxygen atoms in total. The van der Waals surface area contributed by atoms with Crippen molar-refractivity contribution in [3.63, 3.8) is 0 Å². The number of hydrogen-bond donors (Lipinski definition) is 1. The Bertz CT molecular complexity index is 407. The molecule has 0 radical (unpaired) electrons. The fraction of sp³-hybridized carbons (Fsp3) is 0.615. The molecule has 0 spiro atoms. The van der Waals surface area contributed by atoms with E-state index in [1.54, 1.807) is 0 Å². The highest BCUT2D eigenvalue weighted by Crippen LogP contribution is 2.29. The lowest BCUT2D eigenvalue weighted by atomic mass is 9.94. The topological polar surface area (TPSA) is 28.2 Å². The summed E-state index contributed by atoms with van der Waals surface area (Å²) in [6.45, 7) is 5.50. The number of anilines is 1. The summed E-state index contributed by atoms with van der Waals surface area (Å²) in [5.74, 6) is 1.94. The standard InChI is InChI=1S/C13H18BrN3/c1-9-11(14)4-5-13(16-9)17-7-10-3-2-6-15-12(10)8-17/h4-5,10,12,15H,2-3,6-8H2,1H3. The van der Waals surface area contributed by atoms with Crippen LogP contribution in [0.5, 0.6) is 0 Å². The van der Waals surface area contributed by atoms with E-state index in [4.69, 9.17) is 0 Å². The summed E-state index contributed by atoms with van der Waals surface area (Å²) in [6, 6.07) is 4.90. The SMILES string of the molecule is Cc1nc(N2CC3CCCNC3C2)ccc1Br. The van der Waals surface area contributed by atoms with E-state index >= 15 is 0 Å². The molecule has 0 bridgehead atoms. The summed E-state index contributed by atoms with van der Waals surface area (Å²) in [4.78, 5) is 7.09. The number of aryl methyl sites for hydroxylation is 1. The number of fused-ring (bicyclic) bond motifs is 1. The number of piperidine rings is 1. The van der Waals surface area contributed by atoms with Crippen molar-refractivity contribution in [2.75, 3.05) is 24.5 Å². The molecule has 0 amide bonds. The molecule has 1 N–H and O–H groups in total. The van der Waals surface area contributed by atoms with E-state index in [-0.39, 0.29) is 0 Å². The Labute approximate surface area is 111 Å². The van der Waals surface area contributed by atoms with Crippen molar-refractivity contribution in [1.29, 1.82) is 0 Å². The summed E-state index contributed by atoms with van der Waals surface area (Å²) >= 11 is 3.51. The summed E-state index contributed by atoms with van der Waals surface area (Å²) in [7, 11) is 0. The smallest absolute Gasteiger partial charge is 0.128 e. The molecular weight excluding hydrogens is 278 g/mol. The molecule has 1 aromatic rings. The van der Waals surface area contributed by atoms with Crippen LogP contribution in [0, 0.1) is 12.8 Å². The van der Waals surface area contributed by atoms with Crippen molar-refractivity contribution in [3.05, 3.63) is 22.3 Å². The second-order valence-electron chi connectivity index (χ2n) is 5.10. The van der Waals surface area contributed by atoms with Gasteiger partial charge in [0.15, 0.2) is 0 Å². The van der Waals surface area contributed by atoms with Crippen molar-refractivity contribution in [3.8, 4) is 0 Å². The Morgan fingerprint density at radius 3 is 3.06 bits per heavy atom. The van der Waals surface area contributed by atoms with Gasteiger partial charge in [0, 0.05) is 23.6 Å². The Kier molecular flexibility index (Phi) is 3.09. The lowest BCUT2D eigenvalue weighted by Crippen LogP contribution is -2.40. The number of hydrogen-bond acceptors (Lipinski definition) is 3. The third-order valence-corrected chi connectivity index (χ3v) is 4.77. The minimum atomic E-state index is 0.675. The molecule has 2 saturated heterocycles. The molecule has 0 aromatic carbocycles. The number of pyridine rings is 1. The van der Waals surface area contributed by atoms with Crippen LogP contribution in [0.2, 0.25) is 0 Å². The predicted molar refractivity (Wildman–Crippen MR) is 73.4 cm³/mol. The van der Waals surface area contributed by atoms with Gasteiger partial charge in [-0.3, -0.25) is 0 Å². The normalized spacial score (nSPS) is 28.2. The first-order valence-corrected chi connectivity index (χ1v) is 7.15. The van der Waals surface area contributed by atoms with Gasteiger partial charge >= 0.3 is 0 Å². The maximum absolute atomic E-state index is 4.66. The van der Waals surface area contributed by atoms with Crippen LogP contribution in [-0.4, -0.2) is 30.7 Å². The number of nitrogens with zero attached hydrogens (tertiary/aromatic N) is 2. The largest absolute Gasteiger partial charge is 0.355 e. The molecule has 17 heavy (non-hydrogen) atoms. The minimum absolute atomic E-state index is 0.675. The molecule has 2 atom stereocenters. The Hall–Kier alpha value is -0.610. The molecule has 0 aliphatic carbocycles. The Morgan fingerprint density at radius 1 is 1.41 bits per heavy atom. The van der Waals surface area contributed by atoms with Crippen LogP contribution in [0.1, 0.15) is 18.5 Å². The third kappa shape index (κ3) is 2.20. The van der Waals surface area contributed by atoms with E-state index in [0.29, 0.717) is 6.04 Å². The van der Waals surface area contributed by atoms with Gasteiger partial charge in [-0.2, -0.15) is 0 Å². The zero-order valence-electron chi connectivity index (χ0n) is 10.1. The zero-order chi connectivity index (χ0) is 11.8. The second kappa shape index (κ2) is 4.58. The van der Waals surface area contributed by atoms with Gasteiger partial charge in [0.05, 0.1) is 5.69 Å². The predicted octanol–water partition coefficient (Wildman–Crippen LogP) is 2.34. The van der Waals surface area contributed by atoms with E-state index in [2.05, 4.69) is 50.2 Å². The van der Waals surface area contributed by atoms with Crippen molar-refractivity contribution in [2.45, 2.75) is 25.8 Å². The lowest BCUT2D eigenvalue weighted by Gasteiger charge is -2.24. The molecule has 3 rings (SSSR count). The fourth-order valence-electron chi connectivity index (χ4n) is 2.94. The Balaban J connectivity index is 1.79. The van der Waals surface area contributed by atoms with Gasteiger partial charge in [-0.25, -0.2) is 4.98 Å². The monoisotopic (exact) mass is 295 g/mol. The average molecular weight is 296 g/mol. The van der Waals surface area contributed by atoms with E-state index in [0.717, 1.165) is 35.0 Å². The maximum atomic E-state index is 4.66. The van der Waals surface area contributed by atoms with Crippen LogP contribution < -0.4 is 10.2 Å². The van der Waals surface area contributed by atoms with Crippen molar-refractivity contribution in [1.82, 2.24) is 10.3 Å². The summed E-state index contributed by atoms with van der Waals surface area (Å²) < 4.78 is 1.09. The summed E-state index contributed by atoms with van der Waals surface area (Å²) in [5, 5.41) is 3.63. The average Bonchev–Trinajstić information content (AvgIpc) is 2.76. The van der Waals surface area contributed by atoms with Crippen LogP contribution in [0.4, 0.5) is 5.82 Å². The highest BCUT2D eigenvalue weighted by Gasteiger charge is 2.34. The van der Waals surface area contributed by atoms with E-state index < -0.39 is 0 Å². The Morgan fingerprint density at radius 2 is 2.29 bits per heavy atom. The van der Waals surface area contributed by atoms with Gasteiger partial charge in [-0.05, 0) is 60.3 Å². The molecule has 2 aliphatic rings. The fourth-order valence-corrected chi connectivity index (χ4v) is 3.16. The maximum Gasteiger partial charge on any atom is 0.128 e. The van der Waals surface area contributed by atoms with Gasteiger partial charge in [0.25, 0.3) is 0 Å². The van der Waals surface area contributed by atoms with Crippen molar-refractivity contribution < 1.29 is 0 Å². The molecule has 0 saturated carbocycles. The van der Waals surface area contributed by atoms with Crippen LogP contribution in [0.15, 0.2) is 16.6 Å². The lowest BCUT2D eigenvalue weighted by molar-refractivity contribution is 0.340. The number of halogens is 1. The first-order chi connectivity index (χ1) is 8.24. The summed E-state index contributed by atoms with van der Waals surface area (Å²) in [5.41, 5.74) is 1.07. The van der Waals surface area contributed by atoms with Crippen LogP contribution in [0.3, 0.4) is 0 Å². The minimum Gasteiger partial charge on any atom is -0.355 e. The highest BCUT2D eigenvalue weighted by molar-refractivity contribution is 9.10. The second-order valence-corrected chi connectivity index (χ2v) is 5.96. The first kappa shape index (κ1) is 11.5.